The van der Waals surface area contributed by atoms with Crippen LogP contribution in [0.1, 0.15) is 26.3 Å². The predicted octanol–water partition coefficient (Wildman–Crippen LogP) is 4.20. The molecule has 162 valence electrons. The third-order valence-electron chi connectivity index (χ3n) is 4.10. The molecule has 3 aromatic carbocycles. The van der Waals surface area contributed by atoms with Crippen molar-refractivity contribution in [3.05, 3.63) is 99.0 Å². The van der Waals surface area contributed by atoms with Gasteiger partial charge in [-0.3, -0.25) is 9.59 Å². The van der Waals surface area contributed by atoms with E-state index in [-0.39, 0.29) is 22.9 Å². The Morgan fingerprint density at radius 1 is 1.00 bits per heavy atom. The van der Waals surface area contributed by atoms with E-state index >= 15 is 0 Å². The predicted molar refractivity (Wildman–Crippen MR) is 125 cm³/mol. The van der Waals surface area contributed by atoms with Crippen molar-refractivity contribution in [1.82, 2.24) is 10.7 Å². The van der Waals surface area contributed by atoms with Gasteiger partial charge in [-0.05, 0) is 42.5 Å². The molecule has 9 heteroatoms. The molecule has 2 amide bonds. The van der Waals surface area contributed by atoms with Crippen LogP contribution in [0.4, 0.5) is 0 Å². The molecule has 0 aliphatic rings. The number of ether oxygens (including phenoxy) is 1. The van der Waals surface area contributed by atoms with Crippen LogP contribution in [0.25, 0.3) is 0 Å². The minimum atomic E-state index is -0.542. The van der Waals surface area contributed by atoms with E-state index < -0.39 is 17.8 Å². The first-order valence-electron chi connectivity index (χ1n) is 9.35. The fourth-order valence-corrected chi connectivity index (χ4v) is 3.16. The minimum Gasteiger partial charge on any atom is -0.422 e. The lowest BCUT2D eigenvalue weighted by Crippen LogP contribution is -2.35. The molecular formula is C23H17BrClN3O4. The third-order valence-corrected chi connectivity index (χ3v) is 4.93. The largest absolute Gasteiger partial charge is 0.422 e. The maximum absolute atomic E-state index is 12.3. The van der Waals surface area contributed by atoms with Gasteiger partial charge in [0.2, 0.25) is 0 Å². The molecule has 0 radical (unpaired) electrons. The second-order valence-electron chi connectivity index (χ2n) is 6.39. The summed E-state index contributed by atoms with van der Waals surface area (Å²) in [5.41, 5.74) is 3.44. The minimum absolute atomic E-state index is 0.268. The molecule has 3 rings (SSSR count). The van der Waals surface area contributed by atoms with Gasteiger partial charge < -0.3 is 10.1 Å². The Morgan fingerprint density at radius 3 is 2.47 bits per heavy atom. The Kier molecular flexibility index (Phi) is 8.13. The quantitative estimate of drug-likeness (QED) is 0.214. The van der Waals surface area contributed by atoms with Crippen LogP contribution in [0, 0.1) is 0 Å². The molecule has 32 heavy (non-hydrogen) atoms. The number of esters is 1. The molecule has 0 aromatic heterocycles. The van der Waals surface area contributed by atoms with Crippen molar-refractivity contribution in [3.63, 3.8) is 0 Å². The number of nitrogens with zero attached hydrogens (tertiary/aromatic N) is 1. The smallest absolute Gasteiger partial charge is 0.343 e. The molecule has 0 atom stereocenters. The van der Waals surface area contributed by atoms with Gasteiger partial charge in [0, 0.05) is 10.0 Å². The fourth-order valence-electron chi connectivity index (χ4n) is 2.56. The van der Waals surface area contributed by atoms with E-state index in [1.807, 2.05) is 0 Å². The molecule has 7 nitrogen and oxygen atoms in total. The van der Waals surface area contributed by atoms with Crippen molar-refractivity contribution < 1.29 is 19.1 Å². The normalized spacial score (nSPS) is 10.6. The Hall–Kier alpha value is -3.49. The first-order chi connectivity index (χ1) is 15.4. The summed E-state index contributed by atoms with van der Waals surface area (Å²) in [6.45, 7) is -0.296. The van der Waals surface area contributed by atoms with Crippen LogP contribution in [0.2, 0.25) is 5.02 Å². The van der Waals surface area contributed by atoms with E-state index in [1.165, 1.54) is 6.21 Å². The highest BCUT2D eigenvalue weighted by molar-refractivity contribution is 9.10. The molecule has 0 bridgehead atoms. The molecule has 0 fully saturated rings. The lowest BCUT2D eigenvalue weighted by molar-refractivity contribution is -0.120. The van der Waals surface area contributed by atoms with Crippen molar-refractivity contribution in [2.75, 3.05) is 6.54 Å². The average molecular weight is 515 g/mol. The van der Waals surface area contributed by atoms with Gasteiger partial charge in [0.05, 0.1) is 28.9 Å². The van der Waals surface area contributed by atoms with Gasteiger partial charge in [-0.2, -0.15) is 5.10 Å². The second kappa shape index (κ2) is 11.2. The van der Waals surface area contributed by atoms with E-state index in [4.69, 9.17) is 16.3 Å². The number of benzene rings is 3. The molecule has 2 N–H and O–H groups in total. The summed E-state index contributed by atoms with van der Waals surface area (Å²) in [4.78, 5) is 36.4. The number of halogens is 2. The average Bonchev–Trinajstić information content (AvgIpc) is 2.80. The summed E-state index contributed by atoms with van der Waals surface area (Å²) in [6, 6.07) is 20.1. The molecule has 0 spiro atoms. The zero-order chi connectivity index (χ0) is 22.9. The highest BCUT2D eigenvalue weighted by Gasteiger charge is 2.12. The monoisotopic (exact) mass is 513 g/mol. The van der Waals surface area contributed by atoms with Gasteiger partial charge in [-0.15, -0.1) is 0 Å². The van der Waals surface area contributed by atoms with E-state index in [1.54, 1.807) is 72.8 Å². The van der Waals surface area contributed by atoms with Gasteiger partial charge in [-0.1, -0.05) is 57.9 Å². The third kappa shape index (κ3) is 6.50. The number of nitrogens with one attached hydrogen (secondary N) is 2. The molecule has 3 aromatic rings. The van der Waals surface area contributed by atoms with Gasteiger partial charge in [-0.25, -0.2) is 10.2 Å². The van der Waals surface area contributed by atoms with Crippen molar-refractivity contribution in [1.29, 1.82) is 0 Å². The Bertz CT molecular complexity index is 1170. The molecular weight excluding hydrogens is 498 g/mol. The zero-order valence-electron chi connectivity index (χ0n) is 16.5. The molecule has 0 heterocycles. The highest BCUT2D eigenvalue weighted by atomic mass is 79.9. The molecule has 0 aliphatic heterocycles. The van der Waals surface area contributed by atoms with Crippen LogP contribution in [0.5, 0.6) is 5.75 Å². The Balaban J connectivity index is 1.59. The van der Waals surface area contributed by atoms with Gasteiger partial charge in [0.1, 0.15) is 5.75 Å². The van der Waals surface area contributed by atoms with Crippen LogP contribution in [0.15, 0.2) is 82.4 Å². The van der Waals surface area contributed by atoms with Crippen LogP contribution in [-0.2, 0) is 4.79 Å². The van der Waals surface area contributed by atoms with Gasteiger partial charge in [0.15, 0.2) is 0 Å². The van der Waals surface area contributed by atoms with E-state index in [0.29, 0.717) is 11.1 Å². The van der Waals surface area contributed by atoms with Gasteiger partial charge >= 0.3 is 5.97 Å². The number of hydrogen-bond donors (Lipinski definition) is 2. The number of hydrazone groups is 1. The number of carbonyl (C=O) groups excluding carboxylic acids is 3. The highest BCUT2D eigenvalue weighted by Crippen LogP contribution is 2.23. The van der Waals surface area contributed by atoms with Crippen molar-refractivity contribution in [3.8, 4) is 5.75 Å². The van der Waals surface area contributed by atoms with Crippen LogP contribution in [0.3, 0.4) is 0 Å². The summed E-state index contributed by atoms with van der Waals surface area (Å²) in [7, 11) is 0. The van der Waals surface area contributed by atoms with E-state index in [2.05, 4.69) is 31.8 Å². The topological polar surface area (TPSA) is 96.9 Å². The summed E-state index contributed by atoms with van der Waals surface area (Å²) >= 11 is 9.31. The number of rotatable bonds is 7. The number of amides is 2. The molecule has 0 saturated heterocycles. The van der Waals surface area contributed by atoms with E-state index in [9.17, 15) is 14.4 Å². The maximum atomic E-state index is 12.3. The first-order valence-corrected chi connectivity index (χ1v) is 10.5. The second-order valence-corrected chi connectivity index (χ2v) is 7.72. The van der Waals surface area contributed by atoms with Crippen molar-refractivity contribution in [2.24, 2.45) is 5.10 Å². The molecule has 0 saturated carbocycles. The number of carbonyl (C=O) groups is 3. The van der Waals surface area contributed by atoms with Crippen LogP contribution < -0.4 is 15.5 Å². The summed E-state index contributed by atoms with van der Waals surface area (Å²) in [6.07, 6.45) is 1.34. The summed E-state index contributed by atoms with van der Waals surface area (Å²) < 4.78 is 6.18. The Labute approximate surface area is 197 Å². The van der Waals surface area contributed by atoms with Crippen LogP contribution in [-0.4, -0.2) is 30.5 Å². The standard InChI is InChI=1S/C23H17BrClN3O4/c24-17-10-11-20(32-23(31)15-6-2-1-3-7-15)16(12-17)13-27-28-21(29)14-26-22(30)18-8-4-5-9-19(18)25/h1-13H,14H2,(H,26,30)(H,28,29). The Morgan fingerprint density at radius 2 is 1.72 bits per heavy atom. The summed E-state index contributed by atoms with van der Waals surface area (Å²) in [5, 5.41) is 6.63. The lowest BCUT2D eigenvalue weighted by Gasteiger charge is -2.08. The molecule has 0 aliphatic carbocycles. The SMILES string of the molecule is O=C(CNC(=O)c1ccccc1Cl)NN=Cc1cc(Br)ccc1OC(=O)c1ccccc1. The van der Waals surface area contributed by atoms with Gasteiger partial charge in [0.25, 0.3) is 11.8 Å². The fraction of sp³-hybridized carbons (Fsp3) is 0.0435. The lowest BCUT2D eigenvalue weighted by atomic mass is 10.2. The summed E-state index contributed by atoms with van der Waals surface area (Å²) in [5.74, 6) is -1.27. The van der Waals surface area contributed by atoms with Crippen molar-refractivity contribution in [2.45, 2.75) is 0 Å². The maximum Gasteiger partial charge on any atom is 0.343 e. The van der Waals surface area contributed by atoms with Crippen LogP contribution >= 0.6 is 27.5 Å². The van der Waals surface area contributed by atoms with Crippen molar-refractivity contribution >= 4 is 51.5 Å². The number of hydrogen-bond acceptors (Lipinski definition) is 5. The zero-order valence-corrected chi connectivity index (χ0v) is 18.9. The van der Waals surface area contributed by atoms with E-state index in [0.717, 1.165) is 4.47 Å². The molecule has 0 unspecified atom stereocenters. The first kappa shape index (κ1) is 23.2.